The lowest BCUT2D eigenvalue weighted by Crippen LogP contribution is -2.44. The zero-order chi connectivity index (χ0) is 15.6. The van der Waals surface area contributed by atoms with E-state index in [-0.39, 0.29) is 11.9 Å². The van der Waals surface area contributed by atoms with Crippen LogP contribution in [0.2, 0.25) is 0 Å². The Bertz CT molecular complexity index is 346. The molecule has 5 heteroatoms. The van der Waals surface area contributed by atoms with Crippen molar-refractivity contribution < 1.29 is 9.59 Å². The SMILES string of the molecule is O=C(CCNC(=O)NC1CCCCC1)NC1CCCCCC1. The number of hydrogen-bond donors (Lipinski definition) is 3. The fraction of sp³-hybridized carbons (Fsp3) is 0.882. The highest BCUT2D eigenvalue weighted by Gasteiger charge is 2.16. The lowest BCUT2D eigenvalue weighted by atomic mass is 9.96. The quantitative estimate of drug-likeness (QED) is 0.683. The molecule has 3 N–H and O–H groups in total. The summed E-state index contributed by atoms with van der Waals surface area (Å²) in [5, 5.41) is 8.90. The van der Waals surface area contributed by atoms with Gasteiger partial charge >= 0.3 is 6.03 Å². The highest BCUT2D eigenvalue weighted by molar-refractivity contribution is 5.78. The maximum absolute atomic E-state index is 11.9. The van der Waals surface area contributed by atoms with Crippen molar-refractivity contribution in [3.63, 3.8) is 0 Å². The molecule has 0 saturated heterocycles. The van der Waals surface area contributed by atoms with E-state index in [0.717, 1.165) is 25.7 Å². The lowest BCUT2D eigenvalue weighted by Gasteiger charge is -2.22. The van der Waals surface area contributed by atoms with E-state index in [1.807, 2.05) is 0 Å². The molecule has 0 aromatic rings. The monoisotopic (exact) mass is 309 g/mol. The van der Waals surface area contributed by atoms with Gasteiger partial charge < -0.3 is 16.0 Å². The fourth-order valence-electron chi connectivity index (χ4n) is 3.50. The number of nitrogens with one attached hydrogen (secondary N) is 3. The molecule has 2 rings (SSSR count). The molecule has 0 radical (unpaired) electrons. The maximum atomic E-state index is 11.9. The third-order valence-corrected chi connectivity index (χ3v) is 4.80. The van der Waals surface area contributed by atoms with E-state index in [1.165, 1.54) is 44.9 Å². The van der Waals surface area contributed by atoms with Gasteiger partial charge in [0.15, 0.2) is 0 Å². The third-order valence-electron chi connectivity index (χ3n) is 4.80. The van der Waals surface area contributed by atoms with Crippen LogP contribution in [0.1, 0.15) is 77.0 Å². The van der Waals surface area contributed by atoms with Gasteiger partial charge in [0.25, 0.3) is 0 Å². The standard InChI is InChI=1S/C17H31N3O2/c21-16(19-14-8-4-1-2-5-9-14)12-13-18-17(22)20-15-10-6-3-7-11-15/h14-15H,1-13H2,(H,19,21)(H2,18,20,22). The summed E-state index contributed by atoms with van der Waals surface area (Å²) >= 11 is 0. The van der Waals surface area contributed by atoms with Crippen molar-refractivity contribution >= 4 is 11.9 Å². The van der Waals surface area contributed by atoms with Gasteiger partial charge in [-0.3, -0.25) is 4.79 Å². The molecule has 3 amide bonds. The number of amides is 3. The lowest BCUT2D eigenvalue weighted by molar-refractivity contribution is -0.121. The molecule has 2 aliphatic rings. The predicted octanol–water partition coefficient (Wildman–Crippen LogP) is 2.85. The molecule has 0 aromatic heterocycles. The second-order valence-corrected chi connectivity index (χ2v) is 6.74. The van der Waals surface area contributed by atoms with Gasteiger partial charge in [-0.1, -0.05) is 44.9 Å². The second-order valence-electron chi connectivity index (χ2n) is 6.74. The van der Waals surface area contributed by atoms with Gasteiger partial charge in [-0.05, 0) is 25.7 Å². The summed E-state index contributed by atoms with van der Waals surface area (Å²) in [6, 6.07) is 0.522. The summed E-state index contributed by atoms with van der Waals surface area (Å²) in [6.45, 7) is 0.414. The van der Waals surface area contributed by atoms with Gasteiger partial charge in [-0.25, -0.2) is 4.79 Å². The highest BCUT2D eigenvalue weighted by atomic mass is 16.2. The van der Waals surface area contributed by atoms with Crippen molar-refractivity contribution in [2.24, 2.45) is 0 Å². The molecule has 0 spiro atoms. The van der Waals surface area contributed by atoms with E-state index < -0.39 is 0 Å². The Morgan fingerprint density at radius 1 is 0.727 bits per heavy atom. The average molecular weight is 309 g/mol. The Labute approximate surface area is 134 Å². The first-order valence-corrected chi connectivity index (χ1v) is 9.08. The van der Waals surface area contributed by atoms with Crippen LogP contribution in [0.5, 0.6) is 0 Å². The summed E-state index contributed by atoms with van der Waals surface area (Å²) in [7, 11) is 0. The van der Waals surface area contributed by atoms with Crippen molar-refractivity contribution in [1.29, 1.82) is 0 Å². The Hall–Kier alpha value is -1.26. The average Bonchev–Trinajstić information content (AvgIpc) is 2.77. The third kappa shape index (κ3) is 6.67. The first-order chi connectivity index (χ1) is 10.7. The van der Waals surface area contributed by atoms with Gasteiger partial charge in [0.1, 0.15) is 0 Å². The molecule has 0 aliphatic heterocycles. The Balaban J connectivity index is 1.54. The molecule has 0 bridgehead atoms. The molecule has 2 aliphatic carbocycles. The smallest absolute Gasteiger partial charge is 0.315 e. The van der Waals surface area contributed by atoms with Gasteiger partial charge in [-0.2, -0.15) is 0 Å². The summed E-state index contributed by atoms with van der Waals surface area (Å²) in [6.07, 6.45) is 13.4. The second kappa shape index (κ2) is 9.70. The largest absolute Gasteiger partial charge is 0.353 e. The van der Waals surface area contributed by atoms with Crippen LogP contribution in [0.25, 0.3) is 0 Å². The van der Waals surface area contributed by atoms with Gasteiger partial charge in [-0.15, -0.1) is 0 Å². The van der Waals surface area contributed by atoms with Crippen LogP contribution in [-0.4, -0.2) is 30.6 Å². The first kappa shape index (κ1) is 17.1. The van der Waals surface area contributed by atoms with Crippen molar-refractivity contribution in [2.75, 3.05) is 6.54 Å². The Kier molecular flexibility index (Phi) is 7.54. The Morgan fingerprint density at radius 2 is 1.23 bits per heavy atom. The molecule has 22 heavy (non-hydrogen) atoms. The molecule has 2 fully saturated rings. The summed E-state index contributed by atoms with van der Waals surface area (Å²) in [4.78, 5) is 23.7. The number of hydrogen-bond acceptors (Lipinski definition) is 2. The van der Waals surface area contributed by atoms with E-state index in [4.69, 9.17) is 0 Å². The Morgan fingerprint density at radius 3 is 1.82 bits per heavy atom. The number of carbonyl (C=O) groups excluding carboxylic acids is 2. The minimum Gasteiger partial charge on any atom is -0.353 e. The molecule has 5 nitrogen and oxygen atoms in total. The molecule has 0 aromatic carbocycles. The van der Waals surface area contributed by atoms with E-state index in [1.54, 1.807) is 0 Å². The maximum Gasteiger partial charge on any atom is 0.315 e. The van der Waals surface area contributed by atoms with Gasteiger partial charge in [0.05, 0.1) is 0 Å². The van der Waals surface area contributed by atoms with Crippen molar-refractivity contribution in [3.8, 4) is 0 Å². The van der Waals surface area contributed by atoms with Crippen LogP contribution in [-0.2, 0) is 4.79 Å². The van der Waals surface area contributed by atoms with Crippen LogP contribution >= 0.6 is 0 Å². The predicted molar refractivity (Wildman–Crippen MR) is 87.7 cm³/mol. The molecular formula is C17H31N3O2. The zero-order valence-corrected chi connectivity index (χ0v) is 13.7. The molecule has 0 unspecified atom stereocenters. The van der Waals surface area contributed by atoms with Crippen molar-refractivity contribution in [1.82, 2.24) is 16.0 Å². The van der Waals surface area contributed by atoms with Crippen molar-refractivity contribution in [3.05, 3.63) is 0 Å². The topological polar surface area (TPSA) is 70.2 Å². The normalized spacial score (nSPS) is 20.9. The summed E-state index contributed by atoms with van der Waals surface area (Å²) < 4.78 is 0. The molecule has 126 valence electrons. The minimum absolute atomic E-state index is 0.0601. The fourth-order valence-corrected chi connectivity index (χ4v) is 3.50. The summed E-state index contributed by atoms with van der Waals surface area (Å²) in [5.74, 6) is 0.0601. The van der Waals surface area contributed by atoms with Crippen LogP contribution in [0, 0.1) is 0 Å². The van der Waals surface area contributed by atoms with Crippen LogP contribution in [0.15, 0.2) is 0 Å². The summed E-state index contributed by atoms with van der Waals surface area (Å²) in [5.41, 5.74) is 0. The molecular weight excluding hydrogens is 278 g/mol. The molecule has 0 atom stereocenters. The number of carbonyl (C=O) groups is 2. The molecule has 0 heterocycles. The zero-order valence-electron chi connectivity index (χ0n) is 13.7. The number of rotatable bonds is 5. The molecule has 2 saturated carbocycles. The van der Waals surface area contributed by atoms with Gasteiger partial charge in [0, 0.05) is 25.0 Å². The van der Waals surface area contributed by atoms with Crippen LogP contribution < -0.4 is 16.0 Å². The van der Waals surface area contributed by atoms with Crippen LogP contribution in [0.4, 0.5) is 4.79 Å². The first-order valence-electron chi connectivity index (χ1n) is 9.08. The van der Waals surface area contributed by atoms with E-state index in [2.05, 4.69) is 16.0 Å². The van der Waals surface area contributed by atoms with E-state index >= 15 is 0 Å². The van der Waals surface area contributed by atoms with Crippen molar-refractivity contribution in [2.45, 2.75) is 89.1 Å². The van der Waals surface area contributed by atoms with E-state index in [0.29, 0.717) is 25.0 Å². The number of urea groups is 1. The van der Waals surface area contributed by atoms with Gasteiger partial charge in [0.2, 0.25) is 5.91 Å². The highest BCUT2D eigenvalue weighted by Crippen LogP contribution is 2.18. The minimum atomic E-state index is -0.130. The van der Waals surface area contributed by atoms with Crippen LogP contribution in [0.3, 0.4) is 0 Å². The van der Waals surface area contributed by atoms with E-state index in [9.17, 15) is 9.59 Å².